The maximum atomic E-state index is 11.0. The highest BCUT2D eigenvalue weighted by atomic mass is 79.9. The van der Waals surface area contributed by atoms with Gasteiger partial charge in [-0.25, -0.2) is 4.79 Å². The lowest BCUT2D eigenvalue weighted by Crippen LogP contribution is -2.37. The second-order valence-electron chi connectivity index (χ2n) is 3.35. The van der Waals surface area contributed by atoms with E-state index in [1.54, 1.807) is 11.9 Å². The molecule has 0 aliphatic rings. The number of hydrogen-bond acceptors (Lipinski definition) is 2. The largest absolute Gasteiger partial charge is 0.480 e. The van der Waals surface area contributed by atoms with Crippen molar-refractivity contribution in [3.63, 3.8) is 0 Å². The fourth-order valence-electron chi connectivity index (χ4n) is 1.47. The van der Waals surface area contributed by atoms with Crippen LogP contribution < -0.4 is 4.90 Å². The van der Waals surface area contributed by atoms with Crippen LogP contribution in [0.1, 0.15) is 13.3 Å². The van der Waals surface area contributed by atoms with Crippen LogP contribution >= 0.6 is 15.9 Å². The first kappa shape index (κ1) is 12.0. The van der Waals surface area contributed by atoms with Gasteiger partial charge in [-0.1, -0.05) is 22.9 Å². The first-order valence-electron chi connectivity index (χ1n) is 4.77. The lowest BCUT2D eigenvalue weighted by atomic mass is 10.2. The van der Waals surface area contributed by atoms with Gasteiger partial charge in [0.2, 0.25) is 0 Å². The Morgan fingerprint density at radius 2 is 2.00 bits per heavy atom. The van der Waals surface area contributed by atoms with Crippen molar-refractivity contribution in [3.8, 4) is 0 Å². The summed E-state index contributed by atoms with van der Waals surface area (Å²) in [5, 5.41) is 9.01. The van der Waals surface area contributed by atoms with E-state index in [-0.39, 0.29) is 0 Å². The van der Waals surface area contributed by atoms with Gasteiger partial charge in [0.25, 0.3) is 0 Å². The molecule has 1 aromatic carbocycles. The number of carboxylic acids is 1. The quantitative estimate of drug-likeness (QED) is 0.916. The number of carboxylic acid groups (broad SMARTS) is 1. The number of hydrogen-bond donors (Lipinski definition) is 1. The molecular weight excluding hydrogens is 258 g/mol. The third-order valence-corrected chi connectivity index (χ3v) is 2.90. The molecule has 0 spiro atoms. The van der Waals surface area contributed by atoms with Gasteiger partial charge >= 0.3 is 5.97 Å². The van der Waals surface area contributed by atoms with Crippen LogP contribution in [0, 0.1) is 0 Å². The summed E-state index contributed by atoms with van der Waals surface area (Å²) in [4.78, 5) is 12.7. The topological polar surface area (TPSA) is 40.5 Å². The molecule has 0 amide bonds. The second kappa shape index (κ2) is 5.16. The van der Waals surface area contributed by atoms with E-state index < -0.39 is 12.0 Å². The average Bonchev–Trinajstić information content (AvgIpc) is 2.19. The molecule has 0 fully saturated rings. The smallest absolute Gasteiger partial charge is 0.326 e. The van der Waals surface area contributed by atoms with Gasteiger partial charge in [-0.2, -0.15) is 0 Å². The minimum absolute atomic E-state index is 0.467. The summed E-state index contributed by atoms with van der Waals surface area (Å²) in [6, 6.07) is 7.14. The Morgan fingerprint density at radius 3 is 2.40 bits per heavy atom. The van der Waals surface area contributed by atoms with Crippen LogP contribution in [0.3, 0.4) is 0 Å². The molecule has 1 N–H and O–H groups in total. The van der Waals surface area contributed by atoms with Crippen molar-refractivity contribution in [1.82, 2.24) is 0 Å². The zero-order valence-electron chi connectivity index (χ0n) is 8.77. The van der Waals surface area contributed by atoms with Crippen LogP contribution in [0.2, 0.25) is 0 Å². The third-order valence-electron chi connectivity index (χ3n) is 2.37. The van der Waals surface area contributed by atoms with Gasteiger partial charge in [-0.3, -0.25) is 0 Å². The van der Waals surface area contributed by atoms with Gasteiger partial charge in [0, 0.05) is 17.2 Å². The molecule has 0 bridgehead atoms. The van der Waals surface area contributed by atoms with Gasteiger partial charge in [0.15, 0.2) is 0 Å². The van der Waals surface area contributed by atoms with Crippen molar-refractivity contribution in [3.05, 3.63) is 28.7 Å². The van der Waals surface area contributed by atoms with Crippen LogP contribution in [0.4, 0.5) is 5.69 Å². The second-order valence-corrected chi connectivity index (χ2v) is 4.27. The number of benzene rings is 1. The van der Waals surface area contributed by atoms with Crippen molar-refractivity contribution in [2.24, 2.45) is 0 Å². The maximum Gasteiger partial charge on any atom is 0.326 e. The fraction of sp³-hybridized carbons (Fsp3) is 0.364. The van der Waals surface area contributed by atoms with E-state index in [1.807, 2.05) is 31.2 Å². The van der Waals surface area contributed by atoms with Gasteiger partial charge in [0.05, 0.1) is 0 Å². The van der Waals surface area contributed by atoms with E-state index in [4.69, 9.17) is 5.11 Å². The summed E-state index contributed by atoms with van der Waals surface area (Å²) in [5.74, 6) is -0.789. The lowest BCUT2D eigenvalue weighted by molar-refractivity contribution is -0.138. The Balaban J connectivity index is 2.87. The predicted octanol–water partition coefficient (Wildman–Crippen LogP) is 2.75. The van der Waals surface area contributed by atoms with Crippen molar-refractivity contribution in [1.29, 1.82) is 0 Å². The normalized spacial score (nSPS) is 12.2. The summed E-state index contributed by atoms with van der Waals surface area (Å²) in [6.45, 7) is 1.87. The SMILES string of the molecule is CCC(C(=O)O)N(C)c1ccc(Br)cc1. The highest BCUT2D eigenvalue weighted by molar-refractivity contribution is 9.10. The highest BCUT2D eigenvalue weighted by Crippen LogP contribution is 2.20. The number of halogens is 1. The number of carbonyl (C=O) groups is 1. The molecule has 82 valence electrons. The van der Waals surface area contributed by atoms with Crippen molar-refractivity contribution >= 4 is 27.6 Å². The summed E-state index contributed by atoms with van der Waals surface area (Å²) >= 11 is 3.34. The van der Waals surface area contributed by atoms with Crippen LogP contribution in [0.5, 0.6) is 0 Å². The first-order chi connectivity index (χ1) is 7.06. The zero-order valence-corrected chi connectivity index (χ0v) is 10.4. The van der Waals surface area contributed by atoms with Gasteiger partial charge < -0.3 is 10.0 Å². The molecule has 4 heteroatoms. The third kappa shape index (κ3) is 2.96. The Morgan fingerprint density at radius 1 is 1.47 bits per heavy atom. The fourth-order valence-corrected chi connectivity index (χ4v) is 1.73. The van der Waals surface area contributed by atoms with Crippen molar-refractivity contribution in [2.75, 3.05) is 11.9 Å². The van der Waals surface area contributed by atoms with E-state index in [0.29, 0.717) is 6.42 Å². The monoisotopic (exact) mass is 271 g/mol. The van der Waals surface area contributed by atoms with Crippen LogP contribution in [-0.4, -0.2) is 24.2 Å². The number of rotatable bonds is 4. The zero-order chi connectivity index (χ0) is 11.4. The van der Waals surface area contributed by atoms with Crippen molar-refractivity contribution in [2.45, 2.75) is 19.4 Å². The molecule has 1 atom stereocenters. The molecule has 0 radical (unpaired) electrons. The van der Waals surface area contributed by atoms with E-state index in [1.165, 1.54) is 0 Å². The number of anilines is 1. The standard InChI is InChI=1S/C11H14BrNO2/c1-3-10(11(14)15)13(2)9-6-4-8(12)5-7-9/h4-7,10H,3H2,1-2H3,(H,14,15). The number of likely N-dealkylation sites (N-methyl/N-ethyl adjacent to an activating group) is 1. The molecule has 0 saturated carbocycles. The Hall–Kier alpha value is -1.03. The van der Waals surface area contributed by atoms with Gasteiger partial charge in [0.1, 0.15) is 6.04 Å². The van der Waals surface area contributed by atoms with E-state index >= 15 is 0 Å². The molecule has 0 heterocycles. The molecule has 0 aromatic heterocycles. The summed E-state index contributed by atoms with van der Waals surface area (Å²) < 4.78 is 0.989. The molecular formula is C11H14BrNO2. The van der Waals surface area contributed by atoms with Crippen molar-refractivity contribution < 1.29 is 9.90 Å². The summed E-state index contributed by atoms with van der Waals surface area (Å²) in [7, 11) is 1.80. The van der Waals surface area contributed by atoms with Crippen LogP contribution in [0.15, 0.2) is 28.7 Å². The van der Waals surface area contributed by atoms with Gasteiger partial charge in [-0.05, 0) is 30.7 Å². The molecule has 0 aliphatic carbocycles. The molecule has 1 aromatic rings. The molecule has 3 nitrogen and oxygen atoms in total. The summed E-state index contributed by atoms with van der Waals surface area (Å²) in [6.07, 6.45) is 0.585. The molecule has 0 saturated heterocycles. The maximum absolute atomic E-state index is 11.0. The Bertz CT molecular complexity index is 337. The minimum atomic E-state index is -0.789. The Labute approximate surface area is 97.8 Å². The number of nitrogens with zero attached hydrogens (tertiary/aromatic N) is 1. The van der Waals surface area contributed by atoms with E-state index in [2.05, 4.69) is 15.9 Å². The number of aliphatic carboxylic acids is 1. The molecule has 0 aliphatic heterocycles. The Kier molecular flexibility index (Phi) is 4.15. The highest BCUT2D eigenvalue weighted by Gasteiger charge is 2.20. The van der Waals surface area contributed by atoms with E-state index in [9.17, 15) is 4.79 Å². The van der Waals surface area contributed by atoms with E-state index in [0.717, 1.165) is 10.2 Å². The molecule has 1 rings (SSSR count). The predicted molar refractivity (Wildman–Crippen MR) is 64.3 cm³/mol. The minimum Gasteiger partial charge on any atom is -0.480 e. The summed E-state index contributed by atoms with van der Waals surface area (Å²) in [5.41, 5.74) is 0.910. The molecule has 15 heavy (non-hydrogen) atoms. The van der Waals surface area contributed by atoms with Crippen LogP contribution in [-0.2, 0) is 4.79 Å². The molecule has 1 unspecified atom stereocenters. The van der Waals surface area contributed by atoms with Gasteiger partial charge in [-0.15, -0.1) is 0 Å². The van der Waals surface area contributed by atoms with Crippen LogP contribution in [0.25, 0.3) is 0 Å². The first-order valence-corrected chi connectivity index (χ1v) is 5.56. The lowest BCUT2D eigenvalue weighted by Gasteiger charge is -2.25. The average molecular weight is 272 g/mol.